The van der Waals surface area contributed by atoms with Gasteiger partial charge in [0.05, 0.1) is 5.41 Å². The minimum absolute atomic E-state index is 0.0263. The molecule has 0 aromatic carbocycles. The topological polar surface area (TPSA) is 92.4 Å². The highest BCUT2D eigenvalue weighted by molar-refractivity contribution is 5.80. The lowest BCUT2D eigenvalue weighted by molar-refractivity contribution is -0.151. The lowest BCUT2D eigenvalue weighted by Gasteiger charge is -2.39. The molecule has 118 valence electrons. The molecule has 0 atom stereocenters. The maximum absolute atomic E-state index is 12.0. The van der Waals surface area contributed by atoms with E-state index in [1.807, 2.05) is 0 Å². The molecule has 0 unspecified atom stereocenters. The molecule has 0 saturated heterocycles. The minimum atomic E-state index is -1.03. The molecule has 0 fully saturated rings. The second kappa shape index (κ2) is 6.57. The van der Waals surface area contributed by atoms with Crippen molar-refractivity contribution in [2.75, 3.05) is 6.54 Å². The van der Waals surface area contributed by atoms with Gasteiger partial charge in [-0.05, 0) is 52.5 Å². The van der Waals surface area contributed by atoms with Crippen LogP contribution < -0.4 is 11.1 Å². The molecule has 0 bridgehead atoms. The van der Waals surface area contributed by atoms with Crippen molar-refractivity contribution in [3.05, 3.63) is 0 Å². The second-order valence-corrected chi connectivity index (χ2v) is 7.31. The lowest BCUT2D eigenvalue weighted by Crippen LogP contribution is -2.57. The molecule has 20 heavy (non-hydrogen) atoms. The van der Waals surface area contributed by atoms with Crippen LogP contribution in [0, 0.1) is 10.8 Å². The fraction of sp³-hybridized carbons (Fsp3) is 0.867. The average Bonchev–Trinajstić information content (AvgIpc) is 2.25. The van der Waals surface area contributed by atoms with Gasteiger partial charge in [-0.3, -0.25) is 9.59 Å². The Kier molecular flexibility index (Phi) is 6.21. The van der Waals surface area contributed by atoms with Gasteiger partial charge >= 0.3 is 5.97 Å². The molecule has 1 amide bonds. The number of rotatable bonds is 8. The molecule has 0 heterocycles. The number of aliphatic carboxylic acids is 1. The fourth-order valence-electron chi connectivity index (χ4n) is 1.80. The summed E-state index contributed by atoms with van der Waals surface area (Å²) in [6.07, 6.45) is 1.98. The van der Waals surface area contributed by atoms with Crippen LogP contribution in [0.1, 0.15) is 60.8 Å². The Labute approximate surface area is 122 Å². The summed E-state index contributed by atoms with van der Waals surface area (Å²) in [5.41, 5.74) is 3.73. The Morgan fingerprint density at radius 3 is 1.95 bits per heavy atom. The Bertz CT molecular complexity index is 360. The first-order valence-electron chi connectivity index (χ1n) is 7.10. The lowest BCUT2D eigenvalue weighted by atomic mass is 9.74. The van der Waals surface area contributed by atoms with E-state index in [9.17, 15) is 14.7 Å². The molecule has 0 spiro atoms. The summed E-state index contributed by atoms with van der Waals surface area (Å²) in [7, 11) is 0. The molecule has 0 aliphatic rings. The number of carboxylic acid groups (broad SMARTS) is 1. The molecular formula is C15H30N2O3. The second-order valence-electron chi connectivity index (χ2n) is 7.31. The first-order chi connectivity index (χ1) is 8.85. The van der Waals surface area contributed by atoms with Crippen molar-refractivity contribution in [3.63, 3.8) is 0 Å². The Balaban J connectivity index is 4.58. The van der Waals surface area contributed by atoms with E-state index in [1.54, 1.807) is 27.7 Å². The number of carbonyl (C=O) groups excluding carboxylic acids is 1. The normalized spacial score (nSPS) is 13.2. The molecule has 5 nitrogen and oxygen atoms in total. The highest BCUT2D eigenvalue weighted by Gasteiger charge is 2.44. The zero-order valence-electron chi connectivity index (χ0n) is 13.7. The van der Waals surface area contributed by atoms with Crippen molar-refractivity contribution in [1.29, 1.82) is 0 Å². The molecule has 0 aliphatic carbocycles. The van der Waals surface area contributed by atoms with Crippen molar-refractivity contribution < 1.29 is 14.7 Å². The van der Waals surface area contributed by atoms with Gasteiger partial charge in [0, 0.05) is 12.0 Å². The fourth-order valence-corrected chi connectivity index (χ4v) is 1.80. The summed E-state index contributed by atoms with van der Waals surface area (Å²) >= 11 is 0. The number of nitrogens with one attached hydrogen (secondary N) is 1. The maximum Gasteiger partial charge on any atom is 0.311 e. The molecule has 0 aromatic rings. The van der Waals surface area contributed by atoms with Gasteiger partial charge in [0.2, 0.25) is 5.91 Å². The monoisotopic (exact) mass is 286 g/mol. The third kappa shape index (κ3) is 5.12. The Morgan fingerprint density at radius 2 is 1.55 bits per heavy atom. The first kappa shape index (κ1) is 18.9. The van der Waals surface area contributed by atoms with E-state index < -0.39 is 16.9 Å². The van der Waals surface area contributed by atoms with Gasteiger partial charge in [-0.2, -0.15) is 0 Å². The van der Waals surface area contributed by atoms with E-state index in [-0.39, 0.29) is 11.3 Å². The van der Waals surface area contributed by atoms with Crippen molar-refractivity contribution in [2.45, 2.75) is 66.3 Å². The third-order valence-electron chi connectivity index (χ3n) is 4.40. The smallest absolute Gasteiger partial charge is 0.311 e. The van der Waals surface area contributed by atoms with Crippen molar-refractivity contribution >= 4 is 11.9 Å². The Morgan fingerprint density at radius 1 is 1.05 bits per heavy atom. The zero-order chi connectivity index (χ0) is 16.2. The average molecular weight is 286 g/mol. The molecule has 0 aromatic heterocycles. The number of hydrogen-bond acceptors (Lipinski definition) is 3. The van der Waals surface area contributed by atoms with Crippen LogP contribution in [0.5, 0.6) is 0 Å². The van der Waals surface area contributed by atoms with Gasteiger partial charge in [0.1, 0.15) is 0 Å². The molecule has 5 heteroatoms. The zero-order valence-corrected chi connectivity index (χ0v) is 13.7. The number of amides is 1. The van der Waals surface area contributed by atoms with E-state index in [2.05, 4.69) is 19.2 Å². The molecule has 4 N–H and O–H groups in total. The predicted octanol–water partition coefficient (Wildman–Crippen LogP) is 2.15. The summed E-state index contributed by atoms with van der Waals surface area (Å²) < 4.78 is 0. The summed E-state index contributed by atoms with van der Waals surface area (Å²) in [6, 6.07) is 0. The largest absolute Gasteiger partial charge is 0.481 e. The van der Waals surface area contributed by atoms with Gasteiger partial charge in [0.25, 0.3) is 0 Å². The summed E-state index contributed by atoms with van der Waals surface area (Å²) in [5.74, 6) is -1.04. The van der Waals surface area contributed by atoms with E-state index in [4.69, 9.17) is 5.73 Å². The number of carboxylic acids is 1. The van der Waals surface area contributed by atoms with Gasteiger partial charge in [-0.25, -0.2) is 0 Å². The van der Waals surface area contributed by atoms with Crippen LogP contribution in [0.4, 0.5) is 0 Å². The van der Waals surface area contributed by atoms with E-state index in [0.29, 0.717) is 13.0 Å². The molecule has 0 radical (unpaired) electrons. The molecule has 0 rings (SSSR count). The van der Waals surface area contributed by atoms with Gasteiger partial charge in [0.15, 0.2) is 0 Å². The summed E-state index contributed by atoms with van der Waals surface area (Å²) in [4.78, 5) is 23.3. The number of nitrogens with two attached hydrogens (primary N) is 1. The summed E-state index contributed by atoms with van der Waals surface area (Å²) in [6.45, 7) is 11.5. The minimum Gasteiger partial charge on any atom is -0.481 e. The van der Waals surface area contributed by atoms with Crippen LogP contribution in [0.2, 0.25) is 0 Å². The highest BCUT2D eigenvalue weighted by atomic mass is 16.4. The van der Waals surface area contributed by atoms with Gasteiger partial charge < -0.3 is 16.2 Å². The molecule has 0 aliphatic heterocycles. The molecule has 0 saturated carbocycles. The highest BCUT2D eigenvalue weighted by Crippen LogP contribution is 2.31. The van der Waals surface area contributed by atoms with E-state index in [0.717, 1.165) is 12.8 Å². The van der Waals surface area contributed by atoms with Crippen molar-refractivity contribution in [3.8, 4) is 0 Å². The van der Waals surface area contributed by atoms with Crippen molar-refractivity contribution in [1.82, 2.24) is 5.32 Å². The quantitative estimate of drug-likeness (QED) is 0.637. The van der Waals surface area contributed by atoms with E-state index >= 15 is 0 Å². The van der Waals surface area contributed by atoms with Crippen molar-refractivity contribution in [2.24, 2.45) is 16.6 Å². The van der Waals surface area contributed by atoms with Crippen LogP contribution in [0.25, 0.3) is 0 Å². The maximum atomic E-state index is 12.0. The van der Waals surface area contributed by atoms with E-state index in [1.165, 1.54) is 0 Å². The first-order valence-corrected chi connectivity index (χ1v) is 7.10. The standard InChI is InChI=1S/C15H30N2O3/c1-13(2,9-10-16)8-7-11(18)17-15(5,6)14(3,4)12(19)20/h7-10,16H2,1-6H3,(H,17,18)(H,19,20). The van der Waals surface area contributed by atoms with Crippen LogP contribution in [0.15, 0.2) is 0 Å². The Hall–Kier alpha value is -1.10. The predicted molar refractivity (Wildman–Crippen MR) is 80.3 cm³/mol. The van der Waals surface area contributed by atoms with Gasteiger partial charge in [-0.15, -0.1) is 0 Å². The van der Waals surface area contributed by atoms with Crippen LogP contribution in [-0.2, 0) is 9.59 Å². The summed E-state index contributed by atoms with van der Waals surface area (Å²) in [5, 5.41) is 12.1. The van der Waals surface area contributed by atoms with Crippen LogP contribution in [0.3, 0.4) is 0 Å². The third-order valence-corrected chi connectivity index (χ3v) is 4.40. The van der Waals surface area contributed by atoms with Crippen LogP contribution >= 0.6 is 0 Å². The van der Waals surface area contributed by atoms with Gasteiger partial charge in [-0.1, -0.05) is 13.8 Å². The number of carbonyl (C=O) groups is 2. The SMILES string of the molecule is CC(C)(CCN)CCC(=O)NC(C)(C)C(C)(C)C(=O)O. The van der Waals surface area contributed by atoms with Crippen LogP contribution in [-0.4, -0.2) is 29.1 Å². The molecular weight excluding hydrogens is 256 g/mol. The number of hydrogen-bond donors (Lipinski definition) is 3.